The van der Waals surface area contributed by atoms with Gasteiger partial charge in [-0.3, -0.25) is 4.79 Å². The van der Waals surface area contributed by atoms with E-state index in [9.17, 15) is 4.79 Å². The Morgan fingerprint density at radius 3 is 2.79 bits per heavy atom. The standard InChI is InChI=1S/C17H24O2/c1-3-13-8-5-6-11-17(13)19-15-10-7-9-14(12-15)16(18)4-2/h7,9-10,12-13,17H,3-6,8,11H2,1-2H3. The van der Waals surface area contributed by atoms with Crippen LogP contribution in [0.5, 0.6) is 5.75 Å². The Bertz CT molecular complexity index is 425. The topological polar surface area (TPSA) is 26.3 Å². The first-order chi connectivity index (χ1) is 9.24. The van der Waals surface area contributed by atoms with Crippen molar-refractivity contribution in [2.75, 3.05) is 0 Å². The van der Waals surface area contributed by atoms with Crippen molar-refractivity contribution >= 4 is 5.78 Å². The minimum absolute atomic E-state index is 0.182. The Morgan fingerprint density at radius 1 is 1.26 bits per heavy atom. The van der Waals surface area contributed by atoms with E-state index < -0.39 is 0 Å². The average Bonchev–Trinajstić information content (AvgIpc) is 2.47. The number of carbonyl (C=O) groups excluding carboxylic acids is 1. The van der Waals surface area contributed by atoms with Crippen molar-refractivity contribution in [3.05, 3.63) is 29.8 Å². The van der Waals surface area contributed by atoms with Crippen LogP contribution in [0.15, 0.2) is 24.3 Å². The third-order valence-corrected chi connectivity index (χ3v) is 4.13. The molecule has 0 aliphatic heterocycles. The fourth-order valence-corrected chi connectivity index (χ4v) is 2.92. The van der Waals surface area contributed by atoms with Crippen LogP contribution < -0.4 is 4.74 Å². The monoisotopic (exact) mass is 260 g/mol. The van der Waals surface area contributed by atoms with E-state index in [0.717, 1.165) is 17.7 Å². The molecule has 2 rings (SSSR count). The molecular formula is C17H24O2. The van der Waals surface area contributed by atoms with Gasteiger partial charge in [-0.25, -0.2) is 0 Å². The van der Waals surface area contributed by atoms with Crippen molar-refractivity contribution in [1.82, 2.24) is 0 Å². The van der Waals surface area contributed by atoms with E-state index in [1.165, 1.54) is 25.7 Å². The number of rotatable bonds is 5. The van der Waals surface area contributed by atoms with Crippen molar-refractivity contribution in [2.45, 2.75) is 58.5 Å². The van der Waals surface area contributed by atoms with Gasteiger partial charge in [0.15, 0.2) is 5.78 Å². The summed E-state index contributed by atoms with van der Waals surface area (Å²) in [7, 11) is 0. The highest BCUT2D eigenvalue weighted by Crippen LogP contribution is 2.30. The Hall–Kier alpha value is -1.31. The minimum Gasteiger partial charge on any atom is -0.490 e. The number of ether oxygens (including phenoxy) is 1. The molecule has 0 heterocycles. The molecule has 0 spiro atoms. The van der Waals surface area contributed by atoms with Crippen molar-refractivity contribution in [3.63, 3.8) is 0 Å². The molecule has 1 fully saturated rings. The first-order valence-corrected chi connectivity index (χ1v) is 7.54. The molecule has 1 aromatic carbocycles. The molecule has 1 aliphatic carbocycles. The summed E-state index contributed by atoms with van der Waals surface area (Å²) in [6, 6.07) is 7.65. The average molecular weight is 260 g/mol. The fraction of sp³-hybridized carbons (Fsp3) is 0.588. The molecule has 2 heteroatoms. The number of Topliss-reactive ketones (excluding diaryl/α,β-unsaturated/α-hetero) is 1. The van der Waals surface area contributed by atoms with Gasteiger partial charge in [0, 0.05) is 12.0 Å². The summed E-state index contributed by atoms with van der Waals surface area (Å²) in [5.74, 6) is 1.70. The van der Waals surface area contributed by atoms with E-state index in [1.807, 2.05) is 31.2 Å². The second-order valence-corrected chi connectivity index (χ2v) is 5.41. The molecule has 2 unspecified atom stereocenters. The van der Waals surface area contributed by atoms with Gasteiger partial charge in [-0.15, -0.1) is 0 Å². The van der Waals surface area contributed by atoms with Crippen LogP contribution in [0.2, 0.25) is 0 Å². The zero-order chi connectivity index (χ0) is 13.7. The van der Waals surface area contributed by atoms with Gasteiger partial charge < -0.3 is 4.74 Å². The van der Waals surface area contributed by atoms with Crippen LogP contribution >= 0.6 is 0 Å². The molecule has 0 N–H and O–H groups in total. The summed E-state index contributed by atoms with van der Waals surface area (Å²) < 4.78 is 6.14. The Morgan fingerprint density at radius 2 is 2.05 bits per heavy atom. The second-order valence-electron chi connectivity index (χ2n) is 5.41. The lowest BCUT2D eigenvalue weighted by molar-refractivity contribution is 0.0897. The van der Waals surface area contributed by atoms with Crippen LogP contribution in [0, 0.1) is 5.92 Å². The molecule has 1 saturated carbocycles. The second kappa shape index (κ2) is 6.74. The Balaban J connectivity index is 2.07. The van der Waals surface area contributed by atoms with Gasteiger partial charge in [0.2, 0.25) is 0 Å². The maximum absolute atomic E-state index is 11.7. The van der Waals surface area contributed by atoms with Gasteiger partial charge in [0.05, 0.1) is 0 Å². The van der Waals surface area contributed by atoms with Gasteiger partial charge in [0.1, 0.15) is 11.9 Å². The lowest BCUT2D eigenvalue weighted by Gasteiger charge is -2.31. The summed E-state index contributed by atoms with van der Waals surface area (Å²) in [5, 5.41) is 0. The Labute approximate surface area is 116 Å². The number of hydrogen-bond donors (Lipinski definition) is 0. The van der Waals surface area contributed by atoms with E-state index >= 15 is 0 Å². The van der Waals surface area contributed by atoms with Crippen molar-refractivity contribution in [3.8, 4) is 5.75 Å². The fourth-order valence-electron chi connectivity index (χ4n) is 2.92. The third kappa shape index (κ3) is 3.59. The lowest BCUT2D eigenvalue weighted by Crippen LogP contribution is -2.29. The van der Waals surface area contributed by atoms with E-state index in [0.29, 0.717) is 18.4 Å². The quantitative estimate of drug-likeness (QED) is 0.722. The molecule has 0 aromatic heterocycles. The van der Waals surface area contributed by atoms with Crippen LogP contribution in [0.3, 0.4) is 0 Å². The highest BCUT2D eigenvalue weighted by atomic mass is 16.5. The zero-order valence-electron chi connectivity index (χ0n) is 12.0. The number of ketones is 1. The van der Waals surface area contributed by atoms with Crippen LogP contribution in [0.25, 0.3) is 0 Å². The maximum atomic E-state index is 11.7. The summed E-state index contributed by atoms with van der Waals surface area (Å²) in [5.41, 5.74) is 0.767. The highest BCUT2D eigenvalue weighted by Gasteiger charge is 2.25. The lowest BCUT2D eigenvalue weighted by atomic mass is 9.85. The maximum Gasteiger partial charge on any atom is 0.162 e. The predicted molar refractivity (Wildman–Crippen MR) is 77.7 cm³/mol. The van der Waals surface area contributed by atoms with Crippen LogP contribution in [-0.2, 0) is 0 Å². The zero-order valence-corrected chi connectivity index (χ0v) is 12.0. The normalized spacial score (nSPS) is 23.1. The molecule has 1 aliphatic rings. The van der Waals surface area contributed by atoms with E-state index in [4.69, 9.17) is 4.74 Å². The van der Waals surface area contributed by atoms with Gasteiger partial charge in [-0.1, -0.05) is 32.4 Å². The largest absolute Gasteiger partial charge is 0.490 e. The third-order valence-electron chi connectivity index (χ3n) is 4.13. The summed E-state index contributed by atoms with van der Waals surface area (Å²) in [6.07, 6.45) is 7.05. The minimum atomic E-state index is 0.182. The molecule has 2 nitrogen and oxygen atoms in total. The number of carbonyl (C=O) groups is 1. The number of benzene rings is 1. The van der Waals surface area contributed by atoms with Crippen molar-refractivity contribution < 1.29 is 9.53 Å². The van der Waals surface area contributed by atoms with E-state index in [-0.39, 0.29) is 5.78 Å². The van der Waals surface area contributed by atoms with Crippen molar-refractivity contribution in [2.24, 2.45) is 5.92 Å². The van der Waals surface area contributed by atoms with Crippen molar-refractivity contribution in [1.29, 1.82) is 0 Å². The smallest absolute Gasteiger partial charge is 0.162 e. The molecule has 19 heavy (non-hydrogen) atoms. The molecule has 0 amide bonds. The van der Waals surface area contributed by atoms with Crippen LogP contribution in [0.1, 0.15) is 62.7 Å². The number of hydrogen-bond acceptors (Lipinski definition) is 2. The summed E-state index contributed by atoms with van der Waals surface area (Å²) in [4.78, 5) is 11.7. The molecule has 1 aromatic rings. The van der Waals surface area contributed by atoms with Gasteiger partial charge in [0.25, 0.3) is 0 Å². The molecule has 2 atom stereocenters. The predicted octanol–water partition coefficient (Wildman–Crippen LogP) is 4.63. The van der Waals surface area contributed by atoms with E-state index in [2.05, 4.69) is 6.92 Å². The Kier molecular flexibility index (Phi) is 5.00. The first kappa shape index (κ1) is 14.1. The SMILES string of the molecule is CCC(=O)c1cccc(OC2CCCCC2CC)c1. The van der Waals surface area contributed by atoms with Gasteiger partial charge in [-0.05, 0) is 43.7 Å². The molecular weight excluding hydrogens is 236 g/mol. The molecule has 0 saturated heterocycles. The molecule has 0 radical (unpaired) electrons. The van der Waals surface area contributed by atoms with Crippen LogP contribution in [-0.4, -0.2) is 11.9 Å². The highest BCUT2D eigenvalue weighted by molar-refractivity contribution is 5.96. The van der Waals surface area contributed by atoms with E-state index in [1.54, 1.807) is 0 Å². The first-order valence-electron chi connectivity index (χ1n) is 7.54. The molecule has 0 bridgehead atoms. The summed E-state index contributed by atoms with van der Waals surface area (Å²) in [6.45, 7) is 4.13. The van der Waals surface area contributed by atoms with Gasteiger partial charge >= 0.3 is 0 Å². The molecule has 104 valence electrons. The van der Waals surface area contributed by atoms with Gasteiger partial charge in [-0.2, -0.15) is 0 Å². The van der Waals surface area contributed by atoms with Crippen LogP contribution in [0.4, 0.5) is 0 Å². The summed E-state index contributed by atoms with van der Waals surface area (Å²) >= 11 is 0.